The van der Waals surface area contributed by atoms with E-state index in [4.69, 9.17) is 20.8 Å². The number of rotatable bonds is 3. The normalized spacial score (nSPS) is 12.6. The molecular formula is C16H18BrClO2. The first-order valence-electron chi connectivity index (χ1n) is 6.41. The average molecular weight is 358 g/mol. The third-order valence-electron chi connectivity index (χ3n) is 3.66. The van der Waals surface area contributed by atoms with Crippen molar-refractivity contribution in [1.29, 1.82) is 0 Å². The quantitative estimate of drug-likeness (QED) is 0.666. The Hall–Kier alpha value is -0.930. The van der Waals surface area contributed by atoms with E-state index in [0.717, 1.165) is 44.0 Å². The zero-order valence-corrected chi connectivity index (χ0v) is 14.6. The van der Waals surface area contributed by atoms with Crippen LogP contribution in [0.25, 0.3) is 0 Å². The Morgan fingerprint density at radius 3 is 2.30 bits per heavy atom. The fourth-order valence-corrected chi connectivity index (χ4v) is 3.23. The second kappa shape index (κ2) is 5.82. The highest BCUT2D eigenvalue weighted by molar-refractivity contribution is 9.10. The molecule has 1 atom stereocenters. The van der Waals surface area contributed by atoms with Gasteiger partial charge in [-0.25, -0.2) is 0 Å². The third kappa shape index (κ3) is 2.61. The molecule has 0 N–H and O–H groups in total. The van der Waals surface area contributed by atoms with E-state index >= 15 is 0 Å². The molecule has 1 unspecified atom stereocenters. The highest BCUT2D eigenvalue weighted by Gasteiger charge is 2.24. The maximum atomic E-state index is 6.70. The molecule has 2 aromatic rings. The SMILES string of the molecule is COc1cc(C)c(Br)cc1C(Cl)c1c(C)oc(C)c1C. The number of furan rings is 1. The van der Waals surface area contributed by atoms with Crippen LogP contribution in [0.4, 0.5) is 0 Å². The molecule has 108 valence electrons. The lowest BCUT2D eigenvalue weighted by Crippen LogP contribution is -2.00. The Labute approximate surface area is 133 Å². The van der Waals surface area contributed by atoms with Crippen molar-refractivity contribution in [2.45, 2.75) is 33.1 Å². The highest BCUT2D eigenvalue weighted by Crippen LogP contribution is 2.41. The first kappa shape index (κ1) is 15.5. The van der Waals surface area contributed by atoms with Crippen molar-refractivity contribution in [3.63, 3.8) is 0 Å². The van der Waals surface area contributed by atoms with E-state index in [1.54, 1.807) is 7.11 Å². The molecule has 0 saturated carbocycles. The minimum atomic E-state index is -0.292. The molecule has 1 aromatic heterocycles. The fourth-order valence-electron chi connectivity index (χ4n) is 2.38. The van der Waals surface area contributed by atoms with E-state index in [1.165, 1.54) is 0 Å². The van der Waals surface area contributed by atoms with Gasteiger partial charge in [-0.1, -0.05) is 15.9 Å². The molecule has 20 heavy (non-hydrogen) atoms. The van der Waals surface area contributed by atoms with Crippen LogP contribution < -0.4 is 4.74 Å². The summed E-state index contributed by atoms with van der Waals surface area (Å²) < 4.78 is 12.2. The van der Waals surface area contributed by atoms with E-state index in [9.17, 15) is 0 Å². The number of hydrogen-bond acceptors (Lipinski definition) is 2. The van der Waals surface area contributed by atoms with Crippen molar-refractivity contribution in [2.75, 3.05) is 7.11 Å². The van der Waals surface area contributed by atoms with Gasteiger partial charge in [0.15, 0.2) is 0 Å². The summed E-state index contributed by atoms with van der Waals surface area (Å²) in [5.41, 5.74) is 4.18. The van der Waals surface area contributed by atoms with Crippen LogP contribution in [-0.4, -0.2) is 7.11 Å². The molecule has 0 spiro atoms. The number of halogens is 2. The first-order valence-corrected chi connectivity index (χ1v) is 7.64. The summed E-state index contributed by atoms with van der Waals surface area (Å²) in [5.74, 6) is 2.57. The molecule has 0 radical (unpaired) electrons. The molecule has 1 heterocycles. The van der Waals surface area contributed by atoms with E-state index in [2.05, 4.69) is 15.9 Å². The summed E-state index contributed by atoms with van der Waals surface area (Å²) in [7, 11) is 1.66. The van der Waals surface area contributed by atoms with Crippen LogP contribution in [0.5, 0.6) is 5.75 Å². The average Bonchev–Trinajstić information content (AvgIpc) is 2.65. The van der Waals surface area contributed by atoms with Crippen LogP contribution in [-0.2, 0) is 0 Å². The van der Waals surface area contributed by atoms with Gasteiger partial charge in [0.2, 0.25) is 0 Å². The summed E-state index contributed by atoms with van der Waals surface area (Å²) in [6.45, 7) is 7.96. The van der Waals surface area contributed by atoms with Gasteiger partial charge in [-0.2, -0.15) is 0 Å². The van der Waals surface area contributed by atoms with Gasteiger partial charge >= 0.3 is 0 Å². The third-order valence-corrected chi connectivity index (χ3v) is 4.96. The maximum Gasteiger partial charge on any atom is 0.124 e. The first-order chi connectivity index (χ1) is 9.36. The van der Waals surface area contributed by atoms with Gasteiger partial charge in [-0.15, -0.1) is 11.6 Å². The number of ether oxygens (including phenoxy) is 1. The minimum Gasteiger partial charge on any atom is -0.496 e. The van der Waals surface area contributed by atoms with Crippen molar-refractivity contribution < 1.29 is 9.15 Å². The Kier molecular flexibility index (Phi) is 4.50. The standard InChI is InChI=1S/C16H18BrClO2/c1-8-6-14(19-5)12(7-13(8)17)16(18)15-9(2)10(3)20-11(15)4/h6-7,16H,1-5H3. The molecule has 0 aliphatic carbocycles. The van der Waals surface area contributed by atoms with Crippen LogP contribution in [0, 0.1) is 27.7 Å². The fraction of sp³-hybridized carbons (Fsp3) is 0.375. The highest BCUT2D eigenvalue weighted by atomic mass is 79.9. The molecule has 1 aromatic carbocycles. The lowest BCUT2D eigenvalue weighted by Gasteiger charge is -2.16. The number of methoxy groups -OCH3 is 1. The van der Waals surface area contributed by atoms with Crippen molar-refractivity contribution in [3.8, 4) is 5.75 Å². The van der Waals surface area contributed by atoms with Crippen LogP contribution in [0.3, 0.4) is 0 Å². The molecular weight excluding hydrogens is 340 g/mol. The van der Waals surface area contributed by atoms with E-state index in [-0.39, 0.29) is 5.38 Å². The predicted octanol–water partition coefficient (Wildman–Crippen LogP) is 5.61. The molecule has 2 rings (SSSR count). The molecule has 4 heteroatoms. The predicted molar refractivity (Wildman–Crippen MR) is 86.0 cm³/mol. The summed E-state index contributed by atoms with van der Waals surface area (Å²) >= 11 is 10.3. The van der Waals surface area contributed by atoms with E-state index in [1.807, 2.05) is 39.8 Å². The molecule has 2 nitrogen and oxygen atoms in total. The Balaban J connectivity index is 2.58. The second-order valence-corrected chi connectivity index (χ2v) is 6.25. The second-order valence-electron chi connectivity index (χ2n) is 4.96. The van der Waals surface area contributed by atoms with E-state index < -0.39 is 0 Å². The molecule has 0 saturated heterocycles. The zero-order chi connectivity index (χ0) is 15.0. The molecule has 0 aliphatic heterocycles. The van der Waals surface area contributed by atoms with Crippen LogP contribution in [0.15, 0.2) is 21.0 Å². The number of aryl methyl sites for hydroxylation is 3. The van der Waals surface area contributed by atoms with Gasteiger partial charge in [0.25, 0.3) is 0 Å². The van der Waals surface area contributed by atoms with Crippen molar-refractivity contribution in [3.05, 3.63) is 50.4 Å². The smallest absolute Gasteiger partial charge is 0.124 e. The largest absolute Gasteiger partial charge is 0.496 e. The van der Waals surface area contributed by atoms with Crippen molar-refractivity contribution in [1.82, 2.24) is 0 Å². The van der Waals surface area contributed by atoms with Gasteiger partial charge < -0.3 is 9.15 Å². The molecule has 0 bridgehead atoms. The maximum absolute atomic E-state index is 6.70. The molecule has 0 amide bonds. The van der Waals surface area contributed by atoms with Crippen LogP contribution in [0.2, 0.25) is 0 Å². The van der Waals surface area contributed by atoms with Gasteiger partial charge in [0.1, 0.15) is 17.3 Å². The summed E-state index contributed by atoms with van der Waals surface area (Å²) in [6, 6.07) is 4.01. The topological polar surface area (TPSA) is 22.4 Å². The van der Waals surface area contributed by atoms with Crippen LogP contribution in [0.1, 0.15) is 39.2 Å². The number of benzene rings is 1. The number of alkyl halides is 1. The zero-order valence-electron chi connectivity index (χ0n) is 12.3. The summed E-state index contributed by atoms with van der Waals surface area (Å²) in [6.07, 6.45) is 0. The van der Waals surface area contributed by atoms with Gasteiger partial charge in [0.05, 0.1) is 12.5 Å². The lowest BCUT2D eigenvalue weighted by molar-refractivity contribution is 0.409. The summed E-state index contributed by atoms with van der Waals surface area (Å²) in [5, 5.41) is -0.292. The molecule has 0 fully saturated rings. The lowest BCUT2D eigenvalue weighted by atomic mass is 9.99. The van der Waals surface area contributed by atoms with Gasteiger partial charge in [-0.05, 0) is 51.0 Å². The van der Waals surface area contributed by atoms with E-state index in [0.29, 0.717) is 0 Å². The van der Waals surface area contributed by atoms with Gasteiger partial charge in [0, 0.05) is 15.6 Å². The Morgan fingerprint density at radius 2 is 1.80 bits per heavy atom. The van der Waals surface area contributed by atoms with Crippen molar-refractivity contribution >= 4 is 27.5 Å². The number of hydrogen-bond donors (Lipinski definition) is 0. The van der Waals surface area contributed by atoms with Crippen LogP contribution >= 0.6 is 27.5 Å². The summed E-state index contributed by atoms with van der Waals surface area (Å²) in [4.78, 5) is 0. The Morgan fingerprint density at radius 1 is 1.15 bits per heavy atom. The molecule has 0 aliphatic rings. The van der Waals surface area contributed by atoms with Gasteiger partial charge in [-0.3, -0.25) is 0 Å². The monoisotopic (exact) mass is 356 g/mol. The minimum absolute atomic E-state index is 0.292. The Bertz CT molecular complexity index is 646. The van der Waals surface area contributed by atoms with Crippen molar-refractivity contribution in [2.24, 2.45) is 0 Å².